The minimum Gasteiger partial charge on any atom is -0.461 e. The number of rotatable bonds is 7. The number of H-pyrrole nitrogens is 1. The zero-order valence-corrected chi connectivity index (χ0v) is 18.0. The number of nitrogens with one attached hydrogen (secondary N) is 1. The summed E-state index contributed by atoms with van der Waals surface area (Å²) in [7, 11) is 0. The molecule has 1 amide bonds. The molecular formula is C25H28N2O3. The van der Waals surface area contributed by atoms with Gasteiger partial charge in [-0.3, -0.25) is 4.79 Å². The SMILES string of the molecule is CCOC(=O)c1[nH]c(C)c(CN(Cc2ccccc2)C(=O)c2cccc(C)c2)c1C. The molecule has 2 aromatic carbocycles. The van der Waals surface area contributed by atoms with Crippen molar-refractivity contribution in [1.82, 2.24) is 9.88 Å². The summed E-state index contributed by atoms with van der Waals surface area (Å²) in [6, 6.07) is 17.5. The van der Waals surface area contributed by atoms with Crippen LogP contribution in [0.4, 0.5) is 0 Å². The van der Waals surface area contributed by atoms with Gasteiger partial charge in [0.1, 0.15) is 5.69 Å². The highest BCUT2D eigenvalue weighted by molar-refractivity contribution is 5.94. The van der Waals surface area contributed by atoms with Crippen molar-refractivity contribution in [3.05, 3.63) is 93.8 Å². The van der Waals surface area contributed by atoms with Crippen molar-refractivity contribution in [3.8, 4) is 0 Å². The summed E-state index contributed by atoms with van der Waals surface area (Å²) < 4.78 is 5.16. The van der Waals surface area contributed by atoms with Crippen molar-refractivity contribution >= 4 is 11.9 Å². The van der Waals surface area contributed by atoms with E-state index in [4.69, 9.17) is 4.74 Å². The molecule has 0 spiro atoms. The lowest BCUT2D eigenvalue weighted by molar-refractivity contribution is 0.0519. The second kappa shape index (κ2) is 9.44. The van der Waals surface area contributed by atoms with E-state index in [1.54, 1.807) is 6.92 Å². The highest BCUT2D eigenvalue weighted by atomic mass is 16.5. The molecular weight excluding hydrogens is 376 g/mol. The minimum absolute atomic E-state index is 0.0414. The van der Waals surface area contributed by atoms with Gasteiger partial charge in [-0.1, -0.05) is 48.0 Å². The van der Waals surface area contributed by atoms with Gasteiger partial charge in [-0.2, -0.15) is 0 Å². The lowest BCUT2D eigenvalue weighted by atomic mass is 10.1. The molecule has 0 saturated carbocycles. The Bertz CT molecular complexity index is 1040. The monoisotopic (exact) mass is 404 g/mol. The van der Waals surface area contributed by atoms with E-state index >= 15 is 0 Å². The Morgan fingerprint density at radius 3 is 2.37 bits per heavy atom. The molecule has 0 radical (unpaired) electrons. The fourth-order valence-corrected chi connectivity index (χ4v) is 3.59. The molecule has 0 fully saturated rings. The highest BCUT2D eigenvalue weighted by Crippen LogP contribution is 2.23. The number of aromatic amines is 1. The van der Waals surface area contributed by atoms with Gasteiger partial charge in [0.05, 0.1) is 6.61 Å². The molecule has 0 atom stereocenters. The van der Waals surface area contributed by atoms with Gasteiger partial charge in [0, 0.05) is 24.3 Å². The maximum absolute atomic E-state index is 13.4. The van der Waals surface area contributed by atoms with Gasteiger partial charge in [0.25, 0.3) is 5.91 Å². The maximum atomic E-state index is 13.4. The van der Waals surface area contributed by atoms with Crippen LogP contribution in [-0.4, -0.2) is 28.4 Å². The fraction of sp³-hybridized carbons (Fsp3) is 0.280. The summed E-state index contributed by atoms with van der Waals surface area (Å²) >= 11 is 0. The Labute approximate surface area is 177 Å². The van der Waals surface area contributed by atoms with E-state index in [-0.39, 0.29) is 11.9 Å². The fourth-order valence-electron chi connectivity index (χ4n) is 3.59. The van der Waals surface area contributed by atoms with Crippen LogP contribution in [0.25, 0.3) is 0 Å². The standard InChI is InChI=1S/C25H28N2O3/c1-5-30-25(29)23-18(3)22(19(4)26-23)16-27(15-20-11-7-6-8-12-20)24(28)21-13-9-10-17(2)14-21/h6-14,26H,5,15-16H2,1-4H3. The summed E-state index contributed by atoms with van der Waals surface area (Å²) in [6.07, 6.45) is 0. The molecule has 1 heterocycles. The number of benzene rings is 2. The van der Waals surface area contributed by atoms with Crippen LogP contribution in [0.2, 0.25) is 0 Å². The molecule has 0 saturated heterocycles. The van der Waals surface area contributed by atoms with E-state index in [2.05, 4.69) is 4.98 Å². The molecule has 0 aliphatic rings. The van der Waals surface area contributed by atoms with Crippen molar-refractivity contribution in [2.24, 2.45) is 0 Å². The van der Waals surface area contributed by atoms with Gasteiger partial charge in [-0.25, -0.2) is 4.79 Å². The molecule has 3 aromatic rings. The molecule has 5 heteroatoms. The summed E-state index contributed by atoms with van der Waals surface area (Å²) in [6.45, 7) is 8.77. The lowest BCUT2D eigenvalue weighted by Crippen LogP contribution is -2.30. The number of hydrogen-bond donors (Lipinski definition) is 1. The summed E-state index contributed by atoms with van der Waals surface area (Å²) in [4.78, 5) is 30.6. The zero-order valence-electron chi connectivity index (χ0n) is 18.0. The van der Waals surface area contributed by atoms with E-state index in [0.717, 1.165) is 27.9 Å². The van der Waals surface area contributed by atoms with Crippen molar-refractivity contribution < 1.29 is 14.3 Å². The van der Waals surface area contributed by atoms with E-state index in [1.165, 1.54) is 0 Å². The van der Waals surface area contributed by atoms with Crippen LogP contribution in [-0.2, 0) is 17.8 Å². The molecule has 1 aromatic heterocycles. The number of esters is 1. The van der Waals surface area contributed by atoms with Crippen molar-refractivity contribution in [2.45, 2.75) is 40.8 Å². The van der Waals surface area contributed by atoms with Crippen LogP contribution >= 0.6 is 0 Å². The van der Waals surface area contributed by atoms with Crippen LogP contribution in [0, 0.1) is 20.8 Å². The van der Waals surface area contributed by atoms with E-state index in [1.807, 2.05) is 80.3 Å². The Balaban J connectivity index is 1.95. The predicted molar refractivity (Wildman–Crippen MR) is 117 cm³/mol. The molecule has 5 nitrogen and oxygen atoms in total. The van der Waals surface area contributed by atoms with Gasteiger partial charge in [-0.05, 0) is 56.5 Å². The predicted octanol–water partition coefficient (Wildman–Crippen LogP) is 4.96. The maximum Gasteiger partial charge on any atom is 0.355 e. The van der Waals surface area contributed by atoms with Crippen molar-refractivity contribution in [2.75, 3.05) is 6.61 Å². The topological polar surface area (TPSA) is 62.4 Å². The molecule has 1 N–H and O–H groups in total. The number of aryl methyl sites for hydroxylation is 2. The van der Waals surface area contributed by atoms with Crippen LogP contribution in [0.3, 0.4) is 0 Å². The quantitative estimate of drug-likeness (QED) is 0.566. The molecule has 0 unspecified atom stereocenters. The highest BCUT2D eigenvalue weighted by Gasteiger charge is 2.23. The molecule has 156 valence electrons. The first kappa shape index (κ1) is 21.4. The van der Waals surface area contributed by atoms with E-state index in [0.29, 0.717) is 31.0 Å². The molecule has 30 heavy (non-hydrogen) atoms. The van der Waals surface area contributed by atoms with Gasteiger partial charge in [-0.15, -0.1) is 0 Å². The first-order chi connectivity index (χ1) is 14.4. The second-order valence-electron chi connectivity index (χ2n) is 7.47. The minimum atomic E-state index is -0.371. The average molecular weight is 405 g/mol. The number of nitrogens with zero attached hydrogens (tertiary/aromatic N) is 1. The molecule has 0 aliphatic heterocycles. The number of amides is 1. The van der Waals surface area contributed by atoms with Crippen LogP contribution in [0.15, 0.2) is 54.6 Å². The molecule has 0 bridgehead atoms. The van der Waals surface area contributed by atoms with E-state index in [9.17, 15) is 9.59 Å². The molecule has 0 aliphatic carbocycles. The second-order valence-corrected chi connectivity index (χ2v) is 7.47. The van der Waals surface area contributed by atoms with Crippen molar-refractivity contribution in [3.63, 3.8) is 0 Å². The summed E-state index contributed by atoms with van der Waals surface area (Å²) in [5.74, 6) is -0.413. The van der Waals surface area contributed by atoms with Gasteiger partial charge < -0.3 is 14.6 Å². The third-order valence-corrected chi connectivity index (χ3v) is 5.19. The largest absolute Gasteiger partial charge is 0.461 e. The number of ether oxygens (including phenoxy) is 1. The Hall–Kier alpha value is -3.34. The third-order valence-electron chi connectivity index (χ3n) is 5.19. The first-order valence-corrected chi connectivity index (χ1v) is 10.2. The normalized spacial score (nSPS) is 10.7. The lowest BCUT2D eigenvalue weighted by Gasteiger charge is -2.24. The van der Waals surface area contributed by atoms with Gasteiger partial charge in [0.15, 0.2) is 0 Å². The number of hydrogen-bond acceptors (Lipinski definition) is 3. The number of carbonyl (C=O) groups is 2. The number of carbonyl (C=O) groups excluding carboxylic acids is 2. The number of aromatic nitrogens is 1. The third kappa shape index (κ3) is 4.79. The van der Waals surface area contributed by atoms with Gasteiger partial charge in [0.2, 0.25) is 0 Å². The summed E-state index contributed by atoms with van der Waals surface area (Å²) in [5, 5.41) is 0. The van der Waals surface area contributed by atoms with Gasteiger partial charge >= 0.3 is 5.97 Å². The van der Waals surface area contributed by atoms with Crippen LogP contribution < -0.4 is 0 Å². The Morgan fingerprint density at radius 2 is 1.70 bits per heavy atom. The Morgan fingerprint density at radius 1 is 0.967 bits per heavy atom. The zero-order chi connectivity index (χ0) is 21.7. The molecule has 3 rings (SSSR count). The van der Waals surface area contributed by atoms with Crippen LogP contribution in [0.1, 0.15) is 55.7 Å². The smallest absolute Gasteiger partial charge is 0.355 e. The Kier molecular flexibility index (Phi) is 6.72. The van der Waals surface area contributed by atoms with Crippen molar-refractivity contribution in [1.29, 1.82) is 0 Å². The van der Waals surface area contributed by atoms with Crippen LogP contribution in [0.5, 0.6) is 0 Å². The average Bonchev–Trinajstić information content (AvgIpc) is 3.02. The van der Waals surface area contributed by atoms with E-state index < -0.39 is 0 Å². The first-order valence-electron chi connectivity index (χ1n) is 10.2. The summed E-state index contributed by atoms with van der Waals surface area (Å²) in [5.41, 5.74) is 5.82.